The summed E-state index contributed by atoms with van der Waals surface area (Å²) < 4.78 is 5.67. The van der Waals surface area contributed by atoms with E-state index in [1.807, 2.05) is 36.4 Å². The molecule has 0 N–H and O–H groups in total. The summed E-state index contributed by atoms with van der Waals surface area (Å²) in [5.41, 5.74) is 2.99. The quantitative estimate of drug-likeness (QED) is 0.799. The zero-order valence-corrected chi connectivity index (χ0v) is 11.5. The molecule has 0 amide bonds. The summed E-state index contributed by atoms with van der Waals surface area (Å²) in [6.07, 6.45) is 0. The fraction of sp³-hybridized carbons (Fsp3) is 0.235. The smallest absolute Gasteiger partial charge is 0.159 e. The van der Waals surface area contributed by atoms with Gasteiger partial charge in [-0.2, -0.15) is 0 Å². The van der Waals surface area contributed by atoms with Crippen LogP contribution in [-0.2, 0) is 6.54 Å². The molecule has 0 fully saturated rings. The Bertz CT molecular complexity index is 622. The summed E-state index contributed by atoms with van der Waals surface area (Å²) in [7, 11) is 0. The van der Waals surface area contributed by atoms with Gasteiger partial charge >= 0.3 is 0 Å². The first kappa shape index (κ1) is 12.7. The molecular weight excluding hydrogens is 250 g/mol. The van der Waals surface area contributed by atoms with Crippen molar-refractivity contribution >= 4 is 11.5 Å². The highest BCUT2D eigenvalue weighted by Crippen LogP contribution is 2.33. The highest BCUT2D eigenvalue weighted by atomic mass is 16.5. The third-order valence-corrected chi connectivity index (χ3v) is 3.54. The summed E-state index contributed by atoms with van der Waals surface area (Å²) in [5.74, 6) is 0.940. The fourth-order valence-corrected chi connectivity index (χ4v) is 2.46. The van der Waals surface area contributed by atoms with Crippen molar-refractivity contribution in [2.45, 2.75) is 13.5 Å². The van der Waals surface area contributed by atoms with Crippen LogP contribution in [0.4, 0.5) is 5.69 Å². The van der Waals surface area contributed by atoms with Gasteiger partial charge in [-0.05, 0) is 30.7 Å². The molecule has 3 nitrogen and oxygen atoms in total. The number of anilines is 1. The minimum atomic E-state index is 0.0815. The van der Waals surface area contributed by atoms with Crippen LogP contribution in [0.2, 0.25) is 0 Å². The second kappa shape index (κ2) is 5.37. The Morgan fingerprint density at radius 2 is 2.00 bits per heavy atom. The molecule has 1 aliphatic heterocycles. The molecule has 1 heterocycles. The first-order valence-electron chi connectivity index (χ1n) is 6.81. The normalized spacial score (nSPS) is 13.6. The molecular formula is C17H17NO2. The van der Waals surface area contributed by atoms with Crippen LogP contribution in [-0.4, -0.2) is 18.9 Å². The second-order valence-corrected chi connectivity index (χ2v) is 4.99. The average molecular weight is 267 g/mol. The fourth-order valence-electron chi connectivity index (χ4n) is 2.46. The lowest BCUT2D eigenvalue weighted by Gasteiger charge is -2.31. The molecule has 0 unspecified atom stereocenters. The predicted molar refractivity (Wildman–Crippen MR) is 79.4 cm³/mol. The van der Waals surface area contributed by atoms with Crippen LogP contribution in [0.25, 0.3) is 0 Å². The molecule has 1 aliphatic rings. The number of hydrogen-bond acceptors (Lipinski definition) is 3. The maximum atomic E-state index is 11.5. The predicted octanol–water partition coefficient (Wildman–Crippen LogP) is 3.29. The number of carbonyl (C=O) groups excluding carboxylic acids is 1. The second-order valence-electron chi connectivity index (χ2n) is 4.99. The molecule has 0 bridgehead atoms. The molecule has 2 aromatic carbocycles. The van der Waals surface area contributed by atoms with E-state index in [1.54, 1.807) is 6.92 Å². The van der Waals surface area contributed by atoms with Crippen molar-refractivity contribution in [2.75, 3.05) is 18.1 Å². The first-order valence-corrected chi connectivity index (χ1v) is 6.81. The van der Waals surface area contributed by atoms with Gasteiger partial charge in [0.15, 0.2) is 5.78 Å². The van der Waals surface area contributed by atoms with E-state index >= 15 is 0 Å². The van der Waals surface area contributed by atoms with Crippen molar-refractivity contribution in [1.82, 2.24) is 0 Å². The van der Waals surface area contributed by atoms with Gasteiger partial charge in [0, 0.05) is 12.1 Å². The molecule has 102 valence electrons. The van der Waals surface area contributed by atoms with Crippen LogP contribution in [0.3, 0.4) is 0 Å². The van der Waals surface area contributed by atoms with Crippen LogP contribution in [0.5, 0.6) is 5.75 Å². The van der Waals surface area contributed by atoms with Crippen molar-refractivity contribution < 1.29 is 9.53 Å². The summed E-state index contributed by atoms with van der Waals surface area (Å²) >= 11 is 0. The van der Waals surface area contributed by atoms with E-state index in [1.165, 1.54) is 5.56 Å². The number of ketones is 1. The van der Waals surface area contributed by atoms with E-state index in [0.717, 1.165) is 30.1 Å². The van der Waals surface area contributed by atoms with Gasteiger partial charge < -0.3 is 9.64 Å². The lowest BCUT2D eigenvalue weighted by atomic mass is 10.1. The summed E-state index contributed by atoms with van der Waals surface area (Å²) in [6.45, 7) is 3.94. The molecule has 0 atom stereocenters. The zero-order chi connectivity index (χ0) is 13.9. The Hall–Kier alpha value is -2.29. The SMILES string of the molecule is CC(=O)c1ccc2c(c1)N(Cc1ccccc1)CCO2. The van der Waals surface area contributed by atoms with E-state index in [-0.39, 0.29) is 5.78 Å². The molecule has 0 saturated carbocycles. The molecule has 20 heavy (non-hydrogen) atoms. The van der Waals surface area contributed by atoms with Crippen LogP contribution < -0.4 is 9.64 Å². The molecule has 0 saturated heterocycles. The molecule has 3 heteroatoms. The maximum Gasteiger partial charge on any atom is 0.159 e. The van der Waals surface area contributed by atoms with Crippen molar-refractivity contribution in [3.8, 4) is 5.75 Å². The van der Waals surface area contributed by atoms with Crippen LogP contribution in [0, 0.1) is 0 Å². The van der Waals surface area contributed by atoms with E-state index in [9.17, 15) is 4.79 Å². The van der Waals surface area contributed by atoms with Crippen LogP contribution in [0.1, 0.15) is 22.8 Å². The first-order chi connectivity index (χ1) is 9.74. The Morgan fingerprint density at radius 1 is 1.20 bits per heavy atom. The van der Waals surface area contributed by atoms with Crippen LogP contribution >= 0.6 is 0 Å². The lowest BCUT2D eigenvalue weighted by molar-refractivity contribution is 0.101. The Labute approximate surface area is 118 Å². The van der Waals surface area contributed by atoms with Gasteiger partial charge in [0.25, 0.3) is 0 Å². The highest BCUT2D eigenvalue weighted by molar-refractivity contribution is 5.95. The van der Waals surface area contributed by atoms with Gasteiger partial charge in [0.05, 0.1) is 12.2 Å². The van der Waals surface area contributed by atoms with Gasteiger partial charge in [-0.1, -0.05) is 30.3 Å². The monoisotopic (exact) mass is 267 g/mol. The molecule has 0 aromatic heterocycles. The number of Topliss-reactive ketones (excluding diaryl/α,β-unsaturated/α-hetero) is 1. The van der Waals surface area contributed by atoms with Gasteiger partial charge in [-0.25, -0.2) is 0 Å². The minimum Gasteiger partial charge on any atom is -0.490 e. The number of hydrogen-bond donors (Lipinski definition) is 0. The number of rotatable bonds is 3. The molecule has 3 rings (SSSR count). The average Bonchev–Trinajstić information content (AvgIpc) is 2.48. The number of nitrogens with zero attached hydrogens (tertiary/aromatic N) is 1. The number of carbonyl (C=O) groups is 1. The van der Waals surface area contributed by atoms with Gasteiger partial charge in [-0.15, -0.1) is 0 Å². The Kier molecular flexibility index (Phi) is 3.42. The summed E-state index contributed by atoms with van der Waals surface area (Å²) in [4.78, 5) is 13.8. The van der Waals surface area contributed by atoms with Gasteiger partial charge in [0.1, 0.15) is 12.4 Å². The van der Waals surface area contributed by atoms with Crippen molar-refractivity contribution in [3.05, 3.63) is 59.7 Å². The maximum absolute atomic E-state index is 11.5. The molecule has 2 aromatic rings. The number of fused-ring (bicyclic) bond motifs is 1. The van der Waals surface area contributed by atoms with Gasteiger partial charge in [-0.3, -0.25) is 4.79 Å². The minimum absolute atomic E-state index is 0.0815. The van der Waals surface area contributed by atoms with E-state index in [2.05, 4.69) is 17.0 Å². The topological polar surface area (TPSA) is 29.5 Å². The van der Waals surface area contributed by atoms with Crippen molar-refractivity contribution in [2.24, 2.45) is 0 Å². The summed E-state index contributed by atoms with van der Waals surface area (Å²) in [5, 5.41) is 0. The van der Waals surface area contributed by atoms with Crippen molar-refractivity contribution in [3.63, 3.8) is 0 Å². The van der Waals surface area contributed by atoms with Crippen molar-refractivity contribution in [1.29, 1.82) is 0 Å². The number of benzene rings is 2. The van der Waals surface area contributed by atoms with Crippen LogP contribution in [0.15, 0.2) is 48.5 Å². The standard InChI is InChI=1S/C17H17NO2/c1-13(19)15-7-8-17-16(11-15)18(9-10-20-17)12-14-5-3-2-4-6-14/h2-8,11H,9-10,12H2,1H3. The zero-order valence-electron chi connectivity index (χ0n) is 11.5. The van der Waals surface area contributed by atoms with E-state index < -0.39 is 0 Å². The summed E-state index contributed by atoms with van der Waals surface area (Å²) in [6, 6.07) is 16.0. The molecule has 0 spiro atoms. The van der Waals surface area contributed by atoms with E-state index in [0.29, 0.717) is 6.61 Å². The molecule has 0 radical (unpaired) electrons. The molecule has 0 aliphatic carbocycles. The third kappa shape index (κ3) is 2.52. The van der Waals surface area contributed by atoms with E-state index in [4.69, 9.17) is 4.74 Å². The largest absolute Gasteiger partial charge is 0.490 e. The lowest BCUT2D eigenvalue weighted by Crippen LogP contribution is -2.32. The highest BCUT2D eigenvalue weighted by Gasteiger charge is 2.19. The number of ether oxygens (including phenoxy) is 1. The Balaban J connectivity index is 1.92. The Morgan fingerprint density at radius 3 is 2.75 bits per heavy atom. The van der Waals surface area contributed by atoms with Gasteiger partial charge in [0.2, 0.25) is 0 Å². The third-order valence-electron chi connectivity index (χ3n) is 3.54.